The van der Waals surface area contributed by atoms with Gasteiger partial charge in [-0.05, 0) is 12.1 Å². The van der Waals surface area contributed by atoms with Gasteiger partial charge >= 0.3 is 6.09 Å². The number of piperazine rings is 1. The van der Waals surface area contributed by atoms with E-state index in [0.29, 0.717) is 42.6 Å². The molecule has 1 aromatic carbocycles. The van der Waals surface area contributed by atoms with E-state index in [4.69, 9.17) is 16.7 Å². The van der Waals surface area contributed by atoms with Crippen molar-refractivity contribution in [2.24, 2.45) is 0 Å². The van der Waals surface area contributed by atoms with Crippen molar-refractivity contribution in [3.05, 3.63) is 23.2 Å². The Kier molecular flexibility index (Phi) is 4.48. The molecule has 1 aromatic rings. The standard InChI is InChI=1S/C12H16ClN3O4S/c1-21(19,20)14-10-4-2-3-9(13)11(10)15-5-7-16(8-6-15)12(17)18/h2-4,14H,5-8H2,1H3,(H,17,18). The first-order chi connectivity index (χ1) is 9.78. The number of nitrogens with zero attached hydrogens (tertiary/aromatic N) is 2. The Morgan fingerprint density at radius 3 is 2.43 bits per heavy atom. The van der Waals surface area contributed by atoms with Gasteiger partial charge in [0.05, 0.1) is 22.7 Å². The van der Waals surface area contributed by atoms with Crippen LogP contribution in [0.25, 0.3) is 0 Å². The van der Waals surface area contributed by atoms with Crippen LogP contribution in [0.5, 0.6) is 0 Å². The average Bonchev–Trinajstić information content (AvgIpc) is 2.37. The molecular formula is C12H16ClN3O4S. The van der Waals surface area contributed by atoms with Crippen molar-refractivity contribution in [2.45, 2.75) is 0 Å². The lowest BCUT2D eigenvalue weighted by molar-refractivity contribution is 0.142. The van der Waals surface area contributed by atoms with Gasteiger partial charge in [0.1, 0.15) is 0 Å². The summed E-state index contributed by atoms with van der Waals surface area (Å²) in [7, 11) is -3.42. The molecule has 1 amide bonds. The van der Waals surface area contributed by atoms with Gasteiger partial charge in [-0.15, -0.1) is 0 Å². The SMILES string of the molecule is CS(=O)(=O)Nc1cccc(Cl)c1N1CCN(C(=O)O)CC1. The van der Waals surface area contributed by atoms with Gasteiger partial charge in [-0.25, -0.2) is 13.2 Å². The first-order valence-corrected chi connectivity index (χ1v) is 8.54. The zero-order valence-corrected chi connectivity index (χ0v) is 13.0. The summed E-state index contributed by atoms with van der Waals surface area (Å²) in [6.07, 6.45) is 0.114. The van der Waals surface area contributed by atoms with E-state index in [1.165, 1.54) is 4.90 Å². The third kappa shape index (κ3) is 3.92. The Morgan fingerprint density at radius 1 is 1.29 bits per heavy atom. The van der Waals surface area contributed by atoms with Gasteiger partial charge in [0.15, 0.2) is 0 Å². The second kappa shape index (κ2) is 5.98. The molecule has 116 valence electrons. The van der Waals surface area contributed by atoms with E-state index in [2.05, 4.69) is 4.72 Å². The predicted octanol–water partition coefficient (Wildman–Crippen LogP) is 1.51. The fourth-order valence-corrected chi connectivity index (χ4v) is 3.10. The van der Waals surface area contributed by atoms with Crippen molar-refractivity contribution in [2.75, 3.05) is 42.1 Å². The molecule has 1 aliphatic heterocycles. The van der Waals surface area contributed by atoms with Crippen molar-refractivity contribution in [1.82, 2.24) is 4.90 Å². The van der Waals surface area contributed by atoms with Crippen LogP contribution in [-0.2, 0) is 10.0 Å². The molecule has 1 saturated heterocycles. The molecule has 0 aliphatic carbocycles. The molecular weight excluding hydrogens is 318 g/mol. The number of carbonyl (C=O) groups is 1. The molecule has 9 heteroatoms. The molecule has 1 aliphatic rings. The number of carboxylic acid groups (broad SMARTS) is 1. The molecule has 0 radical (unpaired) electrons. The fraction of sp³-hybridized carbons (Fsp3) is 0.417. The van der Waals surface area contributed by atoms with Crippen LogP contribution < -0.4 is 9.62 Å². The number of para-hydroxylation sites is 1. The highest BCUT2D eigenvalue weighted by Crippen LogP contribution is 2.35. The molecule has 2 rings (SSSR count). The van der Waals surface area contributed by atoms with E-state index >= 15 is 0 Å². The van der Waals surface area contributed by atoms with Crippen LogP contribution in [0.15, 0.2) is 18.2 Å². The molecule has 7 nitrogen and oxygen atoms in total. The number of amides is 1. The minimum Gasteiger partial charge on any atom is -0.465 e. The summed E-state index contributed by atoms with van der Waals surface area (Å²) in [4.78, 5) is 14.1. The first kappa shape index (κ1) is 15.7. The van der Waals surface area contributed by atoms with Gasteiger partial charge in [0.25, 0.3) is 0 Å². The highest BCUT2D eigenvalue weighted by Gasteiger charge is 2.24. The quantitative estimate of drug-likeness (QED) is 0.875. The summed E-state index contributed by atoms with van der Waals surface area (Å²) in [5.41, 5.74) is 0.975. The number of nitrogens with one attached hydrogen (secondary N) is 1. The van der Waals surface area contributed by atoms with Gasteiger partial charge < -0.3 is 14.9 Å². The van der Waals surface area contributed by atoms with Gasteiger partial charge in [0, 0.05) is 26.2 Å². The number of benzene rings is 1. The van der Waals surface area contributed by atoms with Crippen molar-refractivity contribution >= 4 is 39.1 Å². The van der Waals surface area contributed by atoms with Crippen molar-refractivity contribution in [3.8, 4) is 0 Å². The van der Waals surface area contributed by atoms with E-state index < -0.39 is 16.1 Å². The third-order valence-corrected chi connectivity index (χ3v) is 4.04. The summed E-state index contributed by atoms with van der Waals surface area (Å²) in [6.45, 7) is 1.60. The Morgan fingerprint density at radius 2 is 1.90 bits per heavy atom. The Balaban J connectivity index is 2.26. The van der Waals surface area contributed by atoms with Crippen LogP contribution in [0.2, 0.25) is 5.02 Å². The summed E-state index contributed by atoms with van der Waals surface area (Å²) < 4.78 is 25.3. The lowest BCUT2D eigenvalue weighted by atomic mass is 10.2. The first-order valence-electron chi connectivity index (χ1n) is 6.27. The van der Waals surface area contributed by atoms with Crippen LogP contribution >= 0.6 is 11.6 Å². The topological polar surface area (TPSA) is 90.0 Å². The minimum absolute atomic E-state index is 0.346. The van der Waals surface area contributed by atoms with E-state index in [0.717, 1.165) is 6.26 Å². The van der Waals surface area contributed by atoms with Crippen LogP contribution in [0.1, 0.15) is 0 Å². The number of hydrogen-bond acceptors (Lipinski definition) is 4. The molecule has 1 fully saturated rings. The van der Waals surface area contributed by atoms with Crippen molar-refractivity contribution < 1.29 is 18.3 Å². The summed E-state index contributed by atoms with van der Waals surface area (Å²) in [5.74, 6) is 0. The summed E-state index contributed by atoms with van der Waals surface area (Å²) >= 11 is 6.18. The molecule has 0 unspecified atom stereocenters. The molecule has 0 atom stereocenters. The molecule has 21 heavy (non-hydrogen) atoms. The van der Waals surface area contributed by atoms with Crippen LogP contribution in [0.3, 0.4) is 0 Å². The molecule has 1 heterocycles. The number of anilines is 2. The molecule has 0 spiro atoms. The van der Waals surface area contributed by atoms with Gasteiger partial charge in [0.2, 0.25) is 10.0 Å². The zero-order valence-electron chi connectivity index (χ0n) is 11.4. The lowest BCUT2D eigenvalue weighted by Crippen LogP contribution is -2.48. The fourth-order valence-electron chi connectivity index (χ4n) is 2.24. The molecule has 0 saturated carbocycles. The third-order valence-electron chi connectivity index (χ3n) is 3.15. The average molecular weight is 334 g/mol. The van der Waals surface area contributed by atoms with Gasteiger partial charge in [-0.3, -0.25) is 4.72 Å². The van der Waals surface area contributed by atoms with Crippen LogP contribution in [0, 0.1) is 0 Å². The number of hydrogen-bond donors (Lipinski definition) is 2. The van der Waals surface area contributed by atoms with Crippen LogP contribution in [0.4, 0.5) is 16.2 Å². The van der Waals surface area contributed by atoms with Gasteiger partial charge in [-0.2, -0.15) is 0 Å². The van der Waals surface area contributed by atoms with E-state index in [1.807, 2.05) is 4.90 Å². The largest absolute Gasteiger partial charge is 0.465 e. The van der Waals surface area contributed by atoms with E-state index in [1.54, 1.807) is 18.2 Å². The highest BCUT2D eigenvalue weighted by molar-refractivity contribution is 7.92. The normalized spacial score (nSPS) is 15.9. The summed E-state index contributed by atoms with van der Waals surface area (Å²) in [5, 5.41) is 9.37. The highest BCUT2D eigenvalue weighted by atomic mass is 35.5. The second-order valence-corrected chi connectivity index (χ2v) is 6.92. The maximum atomic E-state index is 11.4. The Labute approximate surface area is 128 Å². The Hall–Kier alpha value is -1.67. The summed E-state index contributed by atoms with van der Waals surface area (Å²) in [6, 6.07) is 4.96. The maximum Gasteiger partial charge on any atom is 0.407 e. The predicted molar refractivity (Wildman–Crippen MR) is 81.7 cm³/mol. The minimum atomic E-state index is -3.42. The van der Waals surface area contributed by atoms with Crippen molar-refractivity contribution in [3.63, 3.8) is 0 Å². The molecule has 0 aromatic heterocycles. The smallest absolute Gasteiger partial charge is 0.407 e. The van der Waals surface area contributed by atoms with Crippen molar-refractivity contribution in [1.29, 1.82) is 0 Å². The Bertz CT molecular complexity index is 642. The molecule has 2 N–H and O–H groups in total. The number of sulfonamides is 1. The molecule has 0 bridgehead atoms. The van der Waals surface area contributed by atoms with E-state index in [9.17, 15) is 13.2 Å². The lowest BCUT2D eigenvalue weighted by Gasteiger charge is -2.36. The number of rotatable bonds is 3. The van der Waals surface area contributed by atoms with E-state index in [-0.39, 0.29) is 0 Å². The number of halogens is 1. The zero-order chi connectivity index (χ0) is 15.6. The second-order valence-electron chi connectivity index (χ2n) is 4.77. The van der Waals surface area contributed by atoms with Gasteiger partial charge in [-0.1, -0.05) is 17.7 Å². The monoisotopic (exact) mass is 333 g/mol. The van der Waals surface area contributed by atoms with Crippen LogP contribution in [-0.4, -0.2) is 57.0 Å². The maximum absolute atomic E-state index is 11.4.